The molecule has 0 amide bonds. The van der Waals surface area contributed by atoms with Gasteiger partial charge in [-0.2, -0.15) is 0 Å². The van der Waals surface area contributed by atoms with E-state index in [-0.39, 0.29) is 15.9 Å². The lowest BCUT2D eigenvalue weighted by Gasteiger charge is -2.11. The molecule has 88 valence electrons. The molecule has 0 aliphatic heterocycles. The standard InChI is InChI=1S/C12H10Cl2N2O/c1-8-10(13)15-11(14)12(17)16(8)7-9-5-3-2-4-6-9/h2-6H,7H2,1H3. The summed E-state index contributed by atoms with van der Waals surface area (Å²) in [5.74, 6) is 0. The van der Waals surface area contributed by atoms with Gasteiger partial charge >= 0.3 is 0 Å². The molecule has 0 radical (unpaired) electrons. The summed E-state index contributed by atoms with van der Waals surface area (Å²) in [7, 11) is 0. The topological polar surface area (TPSA) is 34.9 Å². The lowest BCUT2D eigenvalue weighted by atomic mass is 10.2. The molecule has 0 aliphatic carbocycles. The van der Waals surface area contributed by atoms with Crippen molar-refractivity contribution < 1.29 is 0 Å². The third-order valence-electron chi connectivity index (χ3n) is 2.50. The predicted molar refractivity (Wildman–Crippen MR) is 68.8 cm³/mol. The maximum Gasteiger partial charge on any atom is 0.288 e. The Morgan fingerprint density at radius 3 is 2.47 bits per heavy atom. The first kappa shape index (κ1) is 12.1. The summed E-state index contributed by atoms with van der Waals surface area (Å²) < 4.78 is 1.52. The highest BCUT2D eigenvalue weighted by molar-refractivity contribution is 6.32. The second kappa shape index (κ2) is 4.90. The fourth-order valence-electron chi connectivity index (χ4n) is 1.55. The third kappa shape index (κ3) is 2.51. The van der Waals surface area contributed by atoms with Crippen LogP contribution in [0.15, 0.2) is 35.1 Å². The van der Waals surface area contributed by atoms with Crippen LogP contribution in [-0.2, 0) is 6.54 Å². The average Bonchev–Trinajstić information content (AvgIpc) is 2.33. The molecule has 0 saturated heterocycles. The number of halogens is 2. The van der Waals surface area contributed by atoms with Gasteiger partial charge in [-0.25, -0.2) is 4.98 Å². The Morgan fingerprint density at radius 2 is 1.82 bits per heavy atom. The fourth-order valence-corrected chi connectivity index (χ4v) is 1.96. The van der Waals surface area contributed by atoms with Gasteiger partial charge in [-0.3, -0.25) is 4.79 Å². The molecule has 1 aromatic carbocycles. The monoisotopic (exact) mass is 268 g/mol. The quantitative estimate of drug-likeness (QED) is 0.840. The van der Waals surface area contributed by atoms with Crippen LogP contribution in [0.25, 0.3) is 0 Å². The van der Waals surface area contributed by atoms with Crippen LogP contribution >= 0.6 is 23.2 Å². The van der Waals surface area contributed by atoms with Crippen LogP contribution in [0.5, 0.6) is 0 Å². The van der Waals surface area contributed by atoms with Crippen LogP contribution in [0, 0.1) is 6.92 Å². The van der Waals surface area contributed by atoms with Crippen LogP contribution in [0.3, 0.4) is 0 Å². The van der Waals surface area contributed by atoms with E-state index in [0.29, 0.717) is 12.2 Å². The van der Waals surface area contributed by atoms with Crippen molar-refractivity contribution in [2.45, 2.75) is 13.5 Å². The lowest BCUT2D eigenvalue weighted by Crippen LogP contribution is -2.24. The van der Waals surface area contributed by atoms with Crippen molar-refractivity contribution >= 4 is 23.2 Å². The number of hydrogen-bond acceptors (Lipinski definition) is 2. The molecule has 0 fully saturated rings. The molecule has 0 bridgehead atoms. The summed E-state index contributed by atoms with van der Waals surface area (Å²) in [4.78, 5) is 15.6. The van der Waals surface area contributed by atoms with Crippen LogP contribution in [0.4, 0.5) is 0 Å². The van der Waals surface area contributed by atoms with E-state index in [0.717, 1.165) is 5.56 Å². The second-order valence-corrected chi connectivity index (χ2v) is 4.37. The SMILES string of the molecule is Cc1c(Cl)nc(Cl)c(=O)n1Cc1ccccc1. The molecule has 3 nitrogen and oxygen atoms in total. The van der Waals surface area contributed by atoms with E-state index >= 15 is 0 Å². The van der Waals surface area contributed by atoms with Crippen molar-refractivity contribution in [2.24, 2.45) is 0 Å². The van der Waals surface area contributed by atoms with Gasteiger partial charge < -0.3 is 4.57 Å². The fraction of sp³-hybridized carbons (Fsp3) is 0.167. The van der Waals surface area contributed by atoms with E-state index in [1.165, 1.54) is 4.57 Å². The van der Waals surface area contributed by atoms with Gasteiger partial charge in [-0.05, 0) is 12.5 Å². The van der Waals surface area contributed by atoms with Gasteiger partial charge in [0.05, 0.1) is 12.2 Å². The molecule has 0 N–H and O–H groups in total. The zero-order chi connectivity index (χ0) is 12.4. The molecule has 17 heavy (non-hydrogen) atoms. The molecule has 0 atom stereocenters. The molecule has 1 heterocycles. The first-order chi connectivity index (χ1) is 8.09. The summed E-state index contributed by atoms with van der Waals surface area (Å²) >= 11 is 11.6. The van der Waals surface area contributed by atoms with Gasteiger partial charge in [0.1, 0.15) is 5.15 Å². The normalized spacial score (nSPS) is 10.5. The van der Waals surface area contributed by atoms with Gasteiger partial charge in [-0.15, -0.1) is 0 Å². The molecule has 2 aromatic rings. The molecule has 2 rings (SSSR count). The minimum atomic E-state index is -0.322. The van der Waals surface area contributed by atoms with Crippen molar-refractivity contribution in [3.8, 4) is 0 Å². The van der Waals surface area contributed by atoms with Crippen LogP contribution in [0.2, 0.25) is 10.3 Å². The average molecular weight is 269 g/mol. The Morgan fingerprint density at radius 1 is 1.18 bits per heavy atom. The molecular formula is C12H10Cl2N2O. The van der Waals surface area contributed by atoms with E-state index in [9.17, 15) is 4.79 Å². The Balaban J connectivity index is 2.50. The highest BCUT2D eigenvalue weighted by atomic mass is 35.5. The summed E-state index contributed by atoms with van der Waals surface area (Å²) in [6.07, 6.45) is 0. The van der Waals surface area contributed by atoms with Crippen molar-refractivity contribution in [2.75, 3.05) is 0 Å². The summed E-state index contributed by atoms with van der Waals surface area (Å²) in [6.45, 7) is 2.18. The summed E-state index contributed by atoms with van der Waals surface area (Å²) in [5.41, 5.74) is 1.30. The highest BCUT2D eigenvalue weighted by Gasteiger charge is 2.10. The Bertz CT molecular complexity index is 593. The molecular weight excluding hydrogens is 259 g/mol. The maximum atomic E-state index is 11.9. The molecule has 0 spiro atoms. The first-order valence-corrected chi connectivity index (χ1v) is 5.81. The number of benzene rings is 1. The highest BCUT2D eigenvalue weighted by Crippen LogP contribution is 2.13. The van der Waals surface area contributed by atoms with E-state index in [1.807, 2.05) is 30.3 Å². The van der Waals surface area contributed by atoms with Crippen LogP contribution in [-0.4, -0.2) is 9.55 Å². The second-order valence-electron chi connectivity index (χ2n) is 3.66. The smallest absolute Gasteiger partial charge is 0.288 e. The first-order valence-electron chi connectivity index (χ1n) is 5.06. The maximum absolute atomic E-state index is 11.9. The molecule has 0 unspecified atom stereocenters. The largest absolute Gasteiger partial charge is 0.303 e. The summed E-state index contributed by atoms with van der Waals surface area (Å²) in [5, 5.41) is 0.155. The van der Waals surface area contributed by atoms with Gasteiger partial charge in [0.25, 0.3) is 5.56 Å². The van der Waals surface area contributed by atoms with Crippen molar-refractivity contribution in [1.29, 1.82) is 0 Å². The van der Waals surface area contributed by atoms with Crippen molar-refractivity contribution in [3.05, 3.63) is 62.2 Å². The molecule has 5 heteroatoms. The van der Waals surface area contributed by atoms with E-state index in [2.05, 4.69) is 4.98 Å². The van der Waals surface area contributed by atoms with E-state index in [1.54, 1.807) is 6.92 Å². The number of aromatic nitrogens is 2. The van der Waals surface area contributed by atoms with Crippen molar-refractivity contribution in [3.63, 3.8) is 0 Å². The summed E-state index contributed by atoms with van der Waals surface area (Å²) in [6, 6.07) is 9.63. The zero-order valence-electron chi connectivity index (χ0n) is 9.15. The minimum Gasteiger partial charge on any atom is -0.303 e. The number of rotatable bonds is 2. The van der Waals surface area contributed by atoms with E-state index in [4.69, 9.17) is 23.2 Å². The minimum absolute atomic E-state index is 0.100. The third-order valence-corrected chi connectivity index (χ3v) is 3.11. The predicted octanol–water partition coefficient (Wildman–Crippen LogP) is 2.91. The van der Waals surface area contributed by atoms with Gasteiger partial charge in [0, 0.05) is 0 Å². The molecule has 0 saturated carbocycles. The Kier molecular flexibility index (Phi) is 3.50. The van der Waals surface area contributed by atoms with Crippen molar-refractivity contribution in [1.82, 2.24) is 9.55 Å². The van der Waals surface area contributed by atoms with Crippen LogP contribution < -0.4 is 5.56 Å². The molecule has 1 aromatic heterocycles. The van der Waals surface area contributed by atoms with Gasteiger partial charge in [-0.1, -0.05) is 53.5 Å². The number of nitrogens with zero attached hydrogens (tertiary/aromatic N) is 2. The van der Waals surface area contributed by atoms with Gasteiger partial charge in [0.15, 0.2) is 5.15 Å². The Hall–Kier alpha value is -1.32. The molecule has 0 aliphatic rings. The Labute approximate surface area is 109 Å². The lowest BCUT2D eigenvalue weighted by molar-refractivity contribution is 0.719. The number of hydrogen-bond donors (Lipinski definition) is 0. The van der Waals surface area contributed by atoms with Crippen LogP contribution in [0.1, 0.15) is 11.3 Å². The zero-order valence-corrected chi connectivity index (χ0v) is 10.7. The van der Waals surface area contributed by atoms with Gasteiger partial charge in [0.2, 0.25) is 0 Å². The van der Waals surface area contributed by atoms with E-state index < -0.39 is 0 Å².